The van der Waals surface area contributed by atoms with Crippen molar-refractivity contribution in [2.75, 3.05) is 6.54 Å². The molecule has 0 radical (unpaired) electrons. The summed E-state index contributed by atoms with van der Waals surface area (Å²) in [7, 11) is 1.59. The molecule has 2 atom stereocenters. The maximum Gasteiger partial charge on any atom is 0.267 e. The highest BCUT2D eigenvalue weighted by Gasteiger charge is 2.22. The molecule has 0 aromatic carbocycles. The first-order valence-electron chi connectivity index (χ1n) is 7.72. The van der Waals surface area contributed by atoms with E-state index in [4.69, 9.17) is 0 Å². The molecule has 1 heterocycles. The molecule has 1 saturated carbocycles. The maximum atomic E-state index is 12.0. The Balaban J connectivity index is 1.77. The molecule has 2 rings (SSSR count). The van der Waals surface area contributed by atoms with Crippen LogP contribution in [0.25, 0.3) is 0 Å². The van der Waals surface area contributed by atoms with Crippen LogP contribution in [0.15, 0.2) is 23.0 Å². The van der Waals surface area contributed by atoms with E-state index in [1.807, 2.05) is 0 Å². The van der Waals surface area contributed by atoms with Crippen molar-refractivity contribution in [2.24, 2.45) is 13.0 Å². The van der Waals surface area contributed by atoms with Crippen LogP contribution >= 0.6 is 0 Å². The van der Waals surface area contributed by atoms with Gasteiger partial charge in [0.05, 0.1) is 6.10 Å². The topological polar surface area (TPSA) is 71.3 Å². The fourth-order valence-electron chi connectivity index (χ4n) is 2.97. The summed E-state index contributed by atoms with van der Waals surface area (Å²) < 4.78 is 1.35. The summed E-state index contributed by atoms with van der Waals surface area (Å²) in [5.41, 5.74) is 0.188. The summed E-state index contributed by atoms with van der Waals surface area (Å²) in [6.45, 7) is 0.575. The van der Waals surface area contributed by atoms with Crippen LogP contribution in [0.4, 0.5) is 0 Å². The lowest BCUT2D eigenvalue weighted by Gasteiger charge is -2.27. The fraction of sp³-hybridized carbons (Fsp3) is 0.625. The second-order valence-electron chi connectivity index (χ2n) is 5.82. The van der Waals surface area contributed by atoms with Gasteiger partial charge in [-0.3, -0.25) is 9.59 Å². The van der Waals surface area contributed by atoms with Gasteiger partial charge in [-0.15, -0.1) is 0 Å². The van der Waals surface area contributed by atoms with Crippen LogP contribution in [-0.2, 0) is 7.05 Å². The van der Waals surface area contributed by atoms with Crippen molar-refractivity contribution in [2.45, 2.75) is 44.6 Å². The van der Waals surface area contributed by atoms with Crippen LogP contribution in [0.1, 0.15) is 49.0 Å². The average molecular weight is 292 g/mol. The molecule has 116 valence electrons. The van der Waals surface area contributed by atoms with Gasteiger partial charge in [0.2, 0.25) is 0 Å². The number of nitrogens with one attached hydrogen (secondary N) is 1. The van der Waals surface area contributed by atoms with Crippen molar-refractivity contribution in [1.29, 1.82) is 0 Å². The van der Waals surface area contributed by atoms with Crippen molar-refractivity contribution in [3.05, 3.63) is 34.2 Å². The van der Waals surface area contributed by atoms with Crippen LogP contribution in [0, 0.1) is 5.92 Å². The molecule has 0 saturated heterocycles. The van der Waals surface area contributed by atoms with E-state index >= 15 is 0 Å². The van der Waals surface area contributed by atoms with Gasteiger partial charge in [0.15, 0.2) is 0 Å². The molecule has 5 nitrogen and oxygen atoms in total. The van der Waals surface area contributed by atoms with Crippen LogP contribution in [0.5, 0.6) is 0 Å². The number of hydrogen-bond acceptors (Lipinski definition) is 3. The van der Waals surface area contributed by atoms with Gasteiger partial charge in [-0.2, -0.15) is 0 Å². The van der Waals surface area contributed by atoms with Crippen molar-refractivity contribution >= 4 is 5.91 Å². The van der Waals surface area contributed by atoms with Gasteiger partial charge in [0, 0.05) is 19.7 Å². The highest BCUT2D eigenvalue weighted by atomic mass is 16.3. The maximum absolute atomic E-state index is 12.0. The Labute approximate surface area is 125 Å². The molecule has 1 amide bonds. The quantitative estimate of drug-likeness (QED) is 0.807. The minimum Gasteiger partial charge on any atom is -0.393 e. The third kappa shape index (κ3) is 4.17. The van der Waals surface area contributed by atoms with Gasteiger partial charge >= 0.3 is 0 Å². The first-order valence-corrected chi connectivity index (χ1v) is 7.72. The Morgan fingerprint density at radius 3 is 2.90 bits per heavy atom. The van der Waals surface area contributed by atoms with Crippen LogP contribution in [-0.4, -0.2) is 28.2 Å². The van der Waals surface area contributed by atoms with Crippen molar-refractivity contribution in [3.63, 3.8) is 0 Å². The first-order chi connectivity index (χ1) is 10.1. The van der Waals surface area contributed by atoms with Crippen molar-refractivity contribution in [1.82, 2.24) is 9.88 Å². The number of aliphatic hydroxyl groups is 1. The summed E-state index contributed by atoms with van der Waals surface area (Å²) in [5, 5.41) is 12.7. The van der Waals surface area contributed by atoms with E-state index in [9.17, 15) is 14.7 Å². The predicted molar refractivity (Wildman–Crippen MR) is 81.2 cm³/mol. The summed E-state index contributed by atoms with van der Waals surface area (Å²) >= 11 is 0. The monoisotopic (exact) mass is 292 g/mol. The molecule has 1 fully saturated rings. The largest absolute Gasteiger partial charge is 0.393 e. The van der Waals surface area contributed by atoms with Gasteiger partial charge in [-0.25, -0.2) is 0 Å². The standard InChI is InChI=1S/C16H24N2O3/c1-18-13(8-4-10-15(18)20)16(21)17-11-5-7-12-6-2-3-9-14(12)19/h4,8,10,12,14,19H,2-3,5-7,9,11H2,1H3,(H,17,21). The van der Waals surface area contributed by atoms with Gasteiger partial charge in [0.25, 0.3) is 11.5 Å². The van der Waals surface area contributed by atoms with E-state index < -0.39 is 0 Å². The molecule has 1 aliphatic rings. The second kappa shape index (κ2) is 7.41. The van der Waals surface area contributed by atoms with Gasteiger partial charge in [-0.05, 0) is 37.7 Å². The molecule has 0 bridgehead atoms. The fourth-order valence-corrected chi connectivity index (χ4v) is 2.97. The zero-order chi connectivity index (χ0) is 15.2. The molecule has 2 unspecified atom stereocenters. The average Bonchev–Trinajstić information content (AvgIpc) is 2.48. The molecule has 2 N–H and O–H groups in total. The van der Waals surface area contributed by atoms with E-state index in [1.54, 1.807) is 19.2 Å². The molecule has 21 heavy (non-hydrogen) atoms. The van der Waals surface area contributed by atoms with Crippen molar-refractivity contribution < 1.29 is 9.90 Å². The third-order valence-corrected chi connectivity index (χ3v) is 4.32. The first kappa shape index (κ1) is 15.8. The number of pyridine rings is 1. The third-order valence-electron chi connectivity index (χ3n) is 4.32. The smallest absolute Gasteiger partial charge is 0.267 e. The normalized spacial score (nSPS) is 22.0. The Morgan fingerprint density at radius 2 is 2.14 bits per heavy atom. The minimum atomic E-state index is -0.223. The van der Waals surface area contributed by atoms with E-state index in [2.05, 4.69) is 5.32 Å². The van der Waals surface area contributed by atoms with Gasteiger partial charge in [-0.1, -0.05) is 18.9 Å². The zero-order valence-electron chi connectivity index (χ0n) is 12.5. The molecule has 0 spiro atoms. The summed E-state index contributed by atoms with van der Waals surface area (Å²) in [6, 6.07) is 4.67. The van der Waals surface area contributed by atoms with E-state index in [1.165, 1.54) is 17.1 Å². The Kier molecular flexibility index (Phi) is 5.56. The van der Waals surface area contributed by atoms with Crippen LogP contribution < -0.4 is 10.9 Å². The number of nitrogens with zero attached hydrogens (tertiary/aromatic N) is 1. The Morgan fingerprint density at radius 1 is 1.38 bits per heavy atom. The number of aromatic nitrogens is 1. The van der Waals surface area contributed by atoms with Gasteiger partial charge in [0.1, 0.15) is 5.69 Å². The summed E-state index contributed by atoms with van der Waals surface area (Å²) in [5.74, 6) is 0.149. The Bertz CT molecular complexity index is 539. The highest BCUT2D eigenvalue weighted by Crippen LogP contribution is 2.27. The lowest BCUT2D eigenvalue weighted by molar-refractivity contribution is 0.0641. The number of carbonyl (C=O) groups excluding carboxylic acids is 1. The molecule has 5 heteroatoms. The molecule has 1 aromatic heterocycles. The number of amides is 1. The lowest BCUT2D eigenvalue weighted by atomic mass is 9.83. The van der Waals surface area contributed by atoms with Crippen LogP contribution in [0.2, 0.25) is 0 Å². The summed E-state index contributed by atoms with van der Waals surface area (Å²) in [4.78, 5) is 23.5. The van der Waals surface area contributed by atoms with E-state index in [0.717, 1.165) is 32.1 Å². The molecular weight excluding hydrogens is 268 g/mol. The number of carbonyl (C=O) groups is 1. The predicted octanol–water partition coefficient (Wildman–Crippen LogP) is 1.45. The van der Waals surface area contributed by atoms with Crippen LogP contribution in [0.3, 0.4) is 0 Å². The highest BCUT2D eigenvalue weighted by molar-refractivity contribution is 5.92. The number of aliphatic hydroxyl groups excluding tert-OH is 1. The number of rotatable bonds is 5. The minimum absolute atomic E-state index is 0.176. The number of hydrogen-bond donors (Lipinski definition) is 2. The van der Waals surface area contributed by atoms with Crippen molar-refractivity contribution in [3.8, 4) is 0 Å². The molecule has 0 aliphatic heterocycles. The zero-order valence-corrected chi connectivity index (χ0v) is 12.5. The van der Waals surface area contributed by atoms with Gasteiger partial charge < -0.3 is 15.0 Å². The Hall–Kier alpha value is -1.62. The molecule has 1 aliphatic carbocycles. The SMILES string of the molecule is Cn1c(C(=O)NCCCC2CCCCC2O)cccc1=O. The molecule has 1 aromatic rings. The van der Waals surface area contributed by atoms with E-state index in [0.29, 0.717) is 18.2 Å². The van der Waals surface area contributed by atoms with E-state index in [-0.39, 0.29) is 17.6 Å². The second-order valence-corrected chi connectivity index (χ2v) is 5.82. The summed E-state index contributed by atoms with van der Waals surface area (Å²) in [6.07, 6.45) is 5.93. The molecular formula is C16H24N2O3. The lowest BCUT2D eigenvalue weighted by Crippen LogP contribution is -2.31.